The predicted octanol–water partition coefficient (Wildman–Crippen LogP) is 4.43. The van der Waals surface area contributed by atoms with E-state index in [0.29, 0.717) is 0 Å². The largest absolute Gasteiger partial charge is 0.378 e. The number of nitrogens with zero attached hydrogens (tertiary/aromatic N) is 1. The maximum Gasteiger partial charge on any atom is 0.136 e. The smallest absolute Gasteiger partial charge is 0.136 e. The molecule has 0 saturated carbocycles. The third-order valence-electron chi connectivity index (χ3n) is 3.87. The minimum absolute atomic E-state index is 0.0389. The SMILES string of the molecule is CC(C)C1(O)C(c2ccccc2Br)=Nc2ccccc21. The van der Waals surface area contributed by atoms with E-state index in [1.807, 2.05) is 62.4 Å². The maximum atomic E-state index is 11.3. The predicted molar refractivity (Wildman–Crippen MR) is 85.5 cm³/mol. The summed E-state index contributed by atoms with van der Waals surface area (Å²) in [7, 11) is 0. The average Bonchev–Trinajstić information content (AvgIpc) is 2.75. The van der Waals surface area contributed by atoms with Crippen molar-refractivity contribution < 1.29 is 5.11 Å². The van der Waals surface area contributed by atoms with Gasteiger partial charge in [-0.3, -0.25) is 0 Å². The number of hydrogen-bond donors (Lipinski definition) is 1. The molecular formula is C17H16BrNO. The first-order valence-electron chi connectivity index (χ1n) is 6.71. The highest BCUT2D eigenvalue weighted by atomic mass is 79.9. The summed E-state index contributed by atoms with van der Waals surface area (Å²) in [4.78, 5) is 4.69. The van der Waals surface area contributed by atoms with Crippen molar-refractivity contribution in [2.45, 2.75) is 19.4 Å². The van der Waals surface area contributed by atoms with Crippen LogP contribution in [0, 0.1) is 5.92 Å². The van der Waals surface area contributed by atoms with Gasteiger partial charge < -0.3 is 5.11 Å². The molecule has 3 heteroatoms. The van der Waals surface area contributed by atoms with Crippen LogP contribution in [0.25, 0.3) is 0 Å². The van der Waals surface area contributed by atoms with Crippen molar-refractivity contribution in [1.82, 2.24) is 0 Å². The summed E-state index contributed by atoms with van der Waals surface area (Å²) >= 11 is 3.56. The second kappa shape index (κ2) is 4.83. The van der Waals surface area contributed by atoms with Gasteiger partial charge in [0.15, 0.2) is 0 Å². The molecule has 0 aliphatic carbocycles. The number of para-hydroxylation sites is 1. The lowest BCUT2D eigenvalue weighted by Gasteiger charge is -2.30. The summed E-state index contributed by atoms with van der Waals surface area (Å²) in [5, 5.41) is 11.3. The molecule has 3 rings (SSSR count). The third-order valence-corrected chi connectivity index (χ3v) is 4.56. The molecule has 1 aliphatic heterocycles. The Hall–Kier alpha value is -1.45. The third kappa shape index (κ3) is 1.85. The minimum atomic E-state index is -1.04. The van der Waals surface area contributed by atoms with Crippen molar-refractivity contribution in [3.8, 4) is 0 Å². The van der Waals surface area contributed by atoms with Gasteiger partial charge in [0.1, 0.15) is 5.60 Å². The van der Waals surface area contributed by atoms with Crippen LogP contribution in [0.3, 0.4) is 0 Å². The Morgan fingerprint density at radius 1 is 1.05 bits per heavy atom. The fourth-order valence-electron chi connectivity index (χ4n) is 2.73. The van der Waals surface area contributed by atoms with Crippen LogP contribution < -0.4 is 0 Å². The van der Waals surface area contributed by atoms with E-state index in [1.165, 1.54) is 0 Å². The van der Waals surface area contributed by atoms with Gasteiger partial charge in [-0.05, 0) is 18.1 Å². The van der Waals surface area contributed by atoms with Gasteiger partial charge in [-0.25, -0.2) is 4.99 Å². The van der Waals surface area contributed by atoms with Crippen molar-refractivity contribution in [3.05, 3.63) is 64.1 Å². The fourth-order valence-corrected chi connectivity index (χ4v) is 3.20. The van der Waals surface area contributed by atoms with Crippen molar-refractivity contribution >= 4 is 27.3 Å². The van der Waals surface area contributed by atoms with Crippen LogP contribution in [0.5, 0.6) is 0 Å². The molecule has 1 aliphatic rings. The minimum Gasteiger partial charge on any atom is -0.378 e. The number of halogens is 1. The normalized spacial score (nSPS) is 20.9. The number of hydrogen-bond acceptors (Lipinski definition) is 2. The molecule has 2 nitrogen and oxygen atoms in total. The summed E-state index contributed by atoms with van der Waals surface area (Å²) in [6, 6.07) is 15.7. The molecule has 0 amide bonds. The molecule has 20 heavy (non-hydrogen) atoms. The topological polar surface area (TPSA) is 32.6 Å². The second-order valence-corrected chi connectivity index (χ2v) is 6.23. The van der Waals surface area contributed by atoms with Crippen LogP contribution in [-0.4, -0.2) is 10.8 Å². The van der Waals surface area contributed by atoms with E-state index in [4.69, 9.17) is 4.99 Å². The Morgan fingerprint density at radius 3 is 2.40 bits per heavy atom. The van der Waals surface area contributed by atoms with Crippen LogP contribution in [0.1, 0.15) is 25.0 Å². The monoisotopic (exact) mass is 329 g/mol. The number of aliphatic hydroxyl groups is 1. The van der Waals surface area contributed by atoms with Gasteiger partial charge in [-0.2, -0.15) is 0 Å². The molecule has 1 atom stereocenters. The molecule has 1 N–H and O–H groups in total. The number of benzene rings is 2. The van der Waals surface area contributed by atoms with Crippen LogP contribution in [0.15, 0.2) is 58.0 Å². The zero-order chi connectivity index (χ0) is 14.3. The van der Waals surface area contributed by atoms with Gasteiger partial charge in [-0.15, -0.1) is 0 Å². The first kappa shape index (κ1) is 13.5. The molecular weight excluding hydrogens is 314 g/mol. The van der Waals surface area contributed by atoms with Crippen molar-refractivity contribution in [1.29, 1.82) is 0 Å². The zero-order valence-corrected chi connectivity index (χ0v) is 13.1. The highest BCUT2D eigenvalue weighted by Crippen LogP contribution is 2.45. The van der Waals surface area contributed by atoms with E-state index in [9.17, 15) is 5.11 Å². The summed E-state index contributed by atoms with van der Waals surface area (Å²) in [6.45, 7) is 4.04. The first-order valence-corrected chi connectivity index (χ1v) is 7.50. The first-order chi connectivity index (χ1) is 9.55. The number of rotatable bonds is 2. The molecule has 1 unspecified atom stereocenters. The van der Waals surface area contributed by atoms with Crippen LogP contribution in [0.4, 0.5) is 5.69 Å². The van der Waals surface area contributed by atoms with E-state index < -0.39 is 5.60 Å². The van der Waals surface area contributed by atoms with Gasteiger partial charge in [-0.1, -0.05) is 66.2 Å². The van der Waals surface area contributed by atoms with Gasteiger partial charge in [0.25, 0.3) is 0 Å². The molecule has 0 spiro atoms. The maximum absolute atomic E-state index is 11.3. The lowest BCUT2D eigenvalue weighted by Crippen LogP contribution is -2.39. The molecule has 0 saturated heterocycles. The molecule has 2 aromatic carbocycles. The van der Waals surface area contributed by atoms with Crippen molar-refractivity contribution in [2.75, 3.05) is 0 Å². The molecule has 0 bridgehead atoms. The van der Waals surface area contributed by atoms with Crippen molar-refractivity contribution in [3.63, 3.8) is 0 Å². The molecule has 0 aromatic heterocycles. The van der Waals surface area contributed by atoms with Crippen LogP contribution in [-0.2, 0) is 5.60 Å². The molecule has 102 valence electrons. The van der Waals surface area contributed by atoms with Gasteiger partial charge in [0.05, 0.1) is 11.4 Å². The Bertz CT molecular complexity index is 693. The van der Waals surface area contributed by atoms with E-state index in [0.717, 1.165) is 27.0 Å². The van der Waals surface area contributed by atoms with Crippen molar-refractivity contribution in [2.24, 2.45) is 10.9 Å². The Balaban J connectivity index is 2.25. The fraction of sp³-hybridized carbons (Fsp3) is 0.235. The lowest BCUT2D eigenvalue weighted by molar-refractivity contribution is 0.0654. The highest BCUT2D eigenvalue weighted by Gasteiger charge is 2.45. The standard InChI is InChI=1S/C17H16BrNO/c1-11(2)17(20)13-8-4-6-10-15(13)19-16(17)12-7-3-5-9-14(12)18/h3-11,20H,1-2H3. The summed E-state index contributed by atoms with van der Waals surface area (Å²) in [5.74, 6) is 0.0389. The van der Waals surface area contributed by atoms with Gasteiger partial charge >= 0.3 is 0 Å². The highest BCUT2D eigenvalue weighted by molar-refractivity contribution is 9.10. The Labute approximate surface area is 127 Å². The molecule has 0 radical (unpaired) electrons. The quantitative estimate of drug-likeness (QED) is 0.868. The Kier molecular flexibility index (Phi) is 3.27. The second-order valence-electron chi connectivity index (χ2n) is 5.38. The van der Waals surface area contributed by atoms with E-state index >= 15 is 0 Å². The van der Waals surface area contributed by atoms with Crippen LogP contribution in [0.2, 0.25) is 0 Å². The molecule has 1 heterocycles. The van der Waals surface area contributed by atoms with E-state index in [1.54, 1.807) is 0 Å². The lowest BCUT2D eigenvalue weighted by atomic mass is 9.78. The zero-order valence-electron chi connectivity index (χ0n) is 11.5. The van der Waals surface area contributed by atoms with Gasteiger partial charge in [0.2, 0.25) is 0 Å². The average molecular weight is 330 g/mol. The number of fused-ring (bicyclic) bond motifs is 1. The summed E-state index contributed by atoms with van der Waals surface area (Å²) < 4.78 is 0.950. The summed E-state index contributed by atoms with van der Waals surface area (Å²) in [6.07, 6.45) is 0. The number of aliphatic imine (C=N–C) groups is 1. The summed E-state index contributed by atoms with van der Waals surface area (Å²) in [5.41, 5.74) is 2.37. The Morgan fingerprint density at radius 2 is 1.70 bits per heavy atom. The van der Waals surface area contributed by atoms with Gasteiger partial charge in [0, 0.05) is 15.6 Å². The molecule has 0 fully saturated rings. The molecule has 2 aromatic rings. The van der Waals surface area contributed by atoms with E-state index in [2.05, 4.69) is 15.9 Å². The van der Waals surface area contributed by atoms with Crippen LogP contribution >= 0.6 is 15.9 Å². The van der Waals surface area contributed by atoms with E-state index in [-0.39, 0.29) is 5.92 Å².